The summed E-state index contributed by atoms with van der Waals surface area (Å²) in [5, 5.41) is 2.92. The Morgan fingerprint density at radius 1 is 0.966 bits per heavy atom. The van der Waals surface area contributed by atoms with Crippen LogP contribution in [-0.2, 0) is 20.9 Å². The molecule has 0 radical (unpaired) electrons. The molecule has 5 nitrogen and oxygen atoms in total. The van der Waals surface area contributed by atoms with Crippen LogP contribution in [0.3, 0.4) is 0 Å². The summed E-state index contributed by atoms with van der Waals surface area (Å²) in [6, 6.07) is 12.9. The molecular weight excluding hydrogens is 366 g/mol. The first-order valence-electron chi connectivity index (χ1n) is 10.0. The van der Waals surface area contributed by atoms with Crippen molar-refractivity contribution in [2.75, 3.05) is 5.32 Å². The Hall–Kier alpha value is -2.66. The van der Waals surface area contributed by atoms with Gasteiger partial charge in [0.2, 0.25) is 0 Å². The van der Waals surface area contributed by atoms with Crippen molar-refractivity contribution in [3.63, 3.8) is 0 Å². The molecule has 0 saturated carbocycles. The fraction of sp³-hybridized carbons (Fsp3) is 0.417. The first kappa shape index (κ1) is 22.6. The van der Waals surface area contributed by atoms with Gasteiger partial charge in [-0.3, -0.25) is 4.79 Å². The third-order valence-corrected chi connectivity index (χ3v) is 4.60. The van der Waals surface area contributed by atoms with Crippen LogP contribution < -0.4 is 5.32 Å². The first-order valence-corrected chi connectivity index (χ1v) is 10.0. The molecule has 0 fully saturated rings. The standard InChI is InChI=1S/C24H31NO4/c1-15(2)21-9-7-8-17(5)22(21)25-23(26)18(6)29-24(27)20-12-10-19(11-13-20)14-28-16(3)4/h7-13,15-16,18H,14H2,1-6H3,(H,25,26)/t18-/m1/s1. The van der Waals surface area contributed by atoms with Gasteiger partial charge in [0.05, 0.1) is 18.3 Å². The van der Waals surface area contributed by atoms with Crippen LogP contribution in [0.5, 0.6) is 0 Å². The zero-order valence-electron chi connectivity index (χ0n) is 18.1. The van der Waals surface area contributed by atoms with Gasteiger partial charge < -0.3 is 14.8 Å². The highest BCUT2D eigenvalue weighted by Crippen LogP contribution is 2.27. The maximum atomic E-state index is 12.6. The van der Waals surface area contributed by atoms with Gasteiger partial charge in [0, 0.05) is 5.69 Å². The van der Waals surface area contributed by atoms with Crippen LogP contribution in [0, 0.1) is 6.92 Å². The molecule has 156 valence electrons. The SMILES string of the molecule is Cc1cccc(C(C)C)c1NC(=O)[C@@H](C)OC(=O)c1ccc(COC(C)C)cc1. The molecule has 0 bridgehead atoms. The smallest absolute Gasteiger partial charge is 0.338 e. The van der Waals surface area contributed by atoms with E-state index < -0.39 is 12.1 Å². The van der Waals surface area contributed by atoms with Crippen LogP contribution in [0.2, 0.25) is 0 Å². The van der Waals surface area contributed by atoms with Crippen LogP contribution in [0.25, 0.3) is 0 Å². The predicted octanol–water partition coefficient (Wildman–Crippen LogP) is 5.23. The number of aryl methyl sites for hydroxylation is 1. The lowest BCUT2D eigenvalue weighted by Gasteiger charge is -2.19. The lowest BCUT2D eigenvalue weighted by molar-refractivity contribution is -0.123. The highest BCUT2D eigenvalue weighted by atomic mass is 16.5. The molecule has 0 aliphatic rings. The molecule has 0 saturated heterocycles. The Balaban J connectivity index is 2.00. The summed E-state index contributed by atoms with van der Waals surface area (Å²) in [5.74, 6) is -0.615. The maximum Gasteiger partial charge on any atom is 0.338 e. The van der Waals surface area contributed by atoms with Crippen molar-refractivity contribution in [3.8, 4) is 0 Å². The minimum Gasteiger partial charge on any atom is -0.449 e. The van der Waals surface area contributed by atoms with Gasteiger partial charge in [-0.05, 0) is 62.4 Å². The van der Waals surface area contributed by atoms with Crippen LogP contribution in [0.1, 0.15) is 67.6 Å². The van der Waals surface area contributed by atoms with Gasteiger partial charge >= 0.3 is 5.97 Å². The number of hydrogen-bond acceptors (Lipinski definition) is 4. The number of carbonyl (C=O) groups is 2. The quantitative estimate of drug-likeness (QED) is 0.620. The Morgan fingerprint density at radius 2 is 1.62 bits per heavy atom. The molecule has 0 aliphatic carbocycles. The molecular formula is C24H31NO4. The van der Waals surface area contributed by atoms with E-state index in [0.717, 1.165) is 22.4 Å². The average molecular weight is 398 g/mol. The highest BCUT2D eigenvalue weighted by Gasteiger charge is 2.21. The summed E-state index contributed by atoms with van der Waals surface area (Å²) in [6.07, 6.45) is -0.769. The zero-order valence-corrected chi connectivity index (χ0v) is 18.1. The predicted molar refractivity (Wildman–Crippen MR) is 115 cm³/mol. The molecule has 0 heterocycles. The third kappa shape index (κ3) is 6.43. The lowest BCUT2D eigenvalue weighted by Crippen LogP contribution is -2.30. The normalized spacial score (nSPS) is 12.1. The molecule has 2 rings (SSSR count). The van der Waals surface area contributed by atoms with Crippen molar-refractivity contribution < 1.29 is 19.1 Å². The number of para-hydroxylation sites is 1. The van der Waals surface area contributed by atoms with Crippen LogP contribution >= 0.6 is 0 Å². The molecule has 2 aromatic rings. The number of carbonyl (C=O) groups excluding carboxylic acids is 2. The first-order chi connectivity index (χ1) is 13.7. The van der Waals surface area contributed by atoms with E-state index in [0.29, 0.717) is 12.2 Å². The number of anilines is 1. The van der Waals surface area contributed by atoms with E-state index >= 15 is 0 Å². The fourth-order valence-corrected chi connectivity index (χ4v) is 2.85. The molecule has 2 aromatic carbocycles. The molecule has 0 spiro atoms. The summed E-state index contributed by atoms with van der Waals surface area (Å²) in [6.45, 7) is 12.1. The Labute approximate surface area is 173 Å². The van der Waals surface area contributed by atoms with Crippen molar-refractivity contribution >= 4 is 17.6 Å². The molecule has 1 amide bonds. The molecule has 29 heavy (non-hydrogen) atoms. The van der Waals surface area contributed by atoms with E-state index in [9.17, 15) is 9.59 Å². The molecule has 5 heteroatoms. The van der Waals surface area contributed by atoms with Gasteiger partial charge in [-0.1, -0.05) is 44.2 Å². The molecule has 1 N–H and O–H groups in total. The number of ether oxygens (including phenoxy) is 2. The summed E-state index contributed by atoms with van der Waals surface area (Å²) < 4.78 is 10.9. The van der Waals surface area contributed by atoms with E-state index in [-0.39, 0.29) is 17.9 Å². The van der Waals surface area contributed by atoms with Crippen molar-refractivity contribution in [2.45, 2.75) is 66.3 Å². The third-order valence-electron chi connectivity index (χ3n) is 4.60. The van der Waals surface area contributed by atoms with Crippen LogP contribution in [0.4, 0.5) is 5.69 Å². The van der Waals surface area contributed by atoms with Gasteiger partial charge in [-0.15, -0.1) is 0 Å². The minimum absolute atomic E-state index is 0.142. The highest BCUT2D eigenvalue weighted by molar-refractivity contribution is 5.98. The minimum atomic E-state index is -0.911. The Bertz CT molecular complexity index is 840. The largest absolute Gasteiger partial charge is 0.449 e. The molecule has 0 aliphatic heterocycles. The van der Waals surface area contributed by atoms with Crippen molar-refractivity contribution in [3.05, 3.63) is 64.7 Å². The van der Waals surface area contributed by atoms with E-state index in [4.69, 9.17) is 9.47 Å². The summed E-state index contributed by atoms with van der Waals surface area (Å²) in [7, 11) is 0. The molecule has 0 aromatic heterocycles. The monoisotopic (exact) mass is 397 g/mol. The van der Waals surface area contributed by atoms with E-state index in [1.165, 1.54) is 0 Å². The number of amides is 1. The second-order valence-electron chi connectivity index (χ2n) is 7.79. The number of esters is 1. The Morgan fingerprint density at radius 3 is 2.21 bits per heavy atom. The van der Waals surface area contributed by atoms with E-state index in [2.05, 4.69) is 19.2 Å². The second kappa shape index (κ2) is 10.2. The maximum absolute atomic E-state index is 12.6. The summed E-state index contributed by atoms with van der Waals surface area (Å²) in [4.78, 5) is 25.0. The lowest BCUT2D eigenvalue weighted by atomic mass is 9.98. The van der Waals surface area contributed by atoms with Gasteiger partial charge in [0.1, 0.15) is 0 Å². The van der Waals surface area contributed by atoms with Crippen molar-refractivity contribution in [2.24, 2.45) is 0 Å². The van der Waals surface area contributed by atoms with Crippen molar-refractivity contribution in [1.29, 1.82) is 0 Å². The number of nitrogens with one attached hydrogen (secondary N) is 1. The van der Waals surface area contributed by atoms with Gasteiger partial charge in [0.25, 0.3) is 5.91 Å². The number of hydrogen-bond donors (Lipinski definition) is 1. The fourth-order valence-electron chi connectivity index (χ4n) is 2.85. The molecule has 0 unspecified atom stereocenters. The molecule has 1 atom stereocenters. The second-order valence-corrected chi connectivity index (χ2v) is 7.79. The summed E-state index contributed by atoms with van der Waals surface area (Å²) in [5.41, 5.74) is 4.18. The average Bonchev–Trinajstić information content (AvgIpc) is 2.67. The number of benzene rings is 2. The van der Waals surface area contributed by atoms with Gasteiger partial charge in [0.15, 0.2) is 6.10 Å². The van der Waals surface area contributed by atoms with Gasteiger partial charge in [-0.25, -0.2) is 4.79 Å². The van der Waals surface area contributed by atoms with E-state index in [1.807, 2.05) is 51.1 Å². The van der Waals surface area contributed by atoms with Crippen molar-refractivity contribution in [1.82, 2.24) is 0 Å². The Kier molecular flexibility index (Phi) is 7.97. The van der Waals surface area contributed by atoms with E-state index in [1.54, 1.807) is 19.1 Å². The summed E-state index contributed by atoms with van der Waals surface area (Å²) >= 11 is 0. The number of rotatable bonds is 8. The van der Waals surface area contributed by atoms with Crippen LogP contribution in [0.15, 0.2) is 42.5 Å². The van der Waals surface area contributed by atoms with Crippen LogP contribution in [-0.4, -0.2) is 24.1 Å². The zero-order chi connectivity index (χ0) is 21.6. The topological polar surface area (TPSA) is 64.6 Å². The van der Waals surface area contributed by atoms with Gasteiger partial charge in [-0.2, -0.15) is 0 Å².